The van der Waals surface area contributed by atoms with Crippen LogP contribution in [-0.4, -0.2) is 20.3 Å². The van der Waals surface area contributed by atoms with Crippen LogP contribution in [0.2, 0.25) is 0 Å². The van der Waals surface area contributed by atoms with E-state index in [1.807, 2.05) is 45.0 Å². The van der Waals surface area contributed by atoms with Gasteiger partial charge in [0.05, 0.1) is 16.3 Å². The summed E-state index contributed by atoms with van der Waals surface area (Å²) in [6.45, 7) is 5.97. The average molecular weight is 349 g/mol. The molecule has 1 heterocycles. The van der Waals surface area contributed by atoms with E-state index >= 15 is 0 Å². The molecule has 0 aliphatic carbocycles. The van der Waals surface area contributed by atoms with E-state index in [1.165, 1.54) is 17.3 Å². The van der Waals surface area contributed by atoms with Crippen LogP contribution in [0.3, 0.4) is 0 Å². The van der Waals surface area contributed by atoms with Crippen LogP contribution in [0.4, 0.5) is 0 Å². The zero-order valence-corrected chi connectivity index (χ0v) is 15.2. The van der Waals surface area contributed by atoms with Gasteiger partial charge in [0.25, 0.3) is 0 Å². The number of aliphatic hydroxyl groups excluding tert-OH is 1. The number of para-hydroxylation sites is 2. The monoisotopic (exact) mass is 349 g/mol. The zero-order valence-electron chi connectivity index (χ0n) is 14.4. The Balaban J connectivity index is 1.95. The van der Waals surface area contributed by atoms with Gasteiger partial charge in [0.1, 0.15) is 17.4 Å². The number of nitriles is 1. The second-order valence-electron chi connectivity index (χ2n) is 6.00. The van der Waals surface area contributed by atoms with Crippen LogP contribution in [0.1, 0.15) is 23.9 Å². The van der Waals surface area contributed by atoms with E-state index in [0.29, 0.717) is 5.82 Å². The second kappa shape index (κ2) is 7.04. The molecule has 25 heavy (non-hydrogen) atoms. The standard InChI is InChI=1S/C20H19N3OS/c1-12-8-9-13(2)18(10-12)25-14(3)19(24)15(11-21)20-22-16-6-4-5-7-17(16)23-20/h4-10,14,24H,1-3H3,(H,22,23)/b19-15-/t14-/m1/s1. The highest BCUT2D eigenvalue weighted by Crippen LogP contribution is 2.32. The third-order valence-corrected chi connectivity index (χ3v) is 5.30. The maximum Gasteiger partial charge on any atom is 0.152 e. The highest BCUT2D eigenvalue weighted by molar-refractivity contribution is 8.00. The molecule has 2 aromatic carbocycles. The quantitative estimate of drug-likeness (QED) is 0.388. The summed E-state index contributed by atoms with van der Waals surface area (Å²) < 4.78 is 0. The van der Waals surface area contributed by atoms with Gasteiger partial charge in [-0.25, -0.2) is 4.98 Å². The Bertz CT molecular complexity index is 965. The summed E-state index contributed by atoms with van der Waals surface area (Å²) in [6, 6.07) is 15.9. The molecule has 0 aliphatic heterocycles. The Hall–Kier alpha value is -2.71. The largest absolute Gasteiger partial charge is 0.510 e. The number of aryl methyl sites for hydroxylation is 2. The number of H-pyrrole nitrogens is 1. The molecular weight excluding hydrogens is 330 g/mol. The predicted octanol–water partition coefficient (Wildman–Crippen LogP) is 5.15. The molecule has 0 fully saturated rings. The van der Waals surface area contributed by atoms with E-state index in [1.54, 1.807) is 0 Å². The smallest absolute Gasteiger partial charge is 0.152 e. The van der Waals surface area contributed by atoms with Crippen molar-refractivity contribution in [1.82, 2.24) is 9.97 Å². The molecule has 0 aliphatic rings. The number of imidazole rings is 1. The van der Waals surface area contributed by atoms with Crippen molar-refractivity contribution in [1.29, 1.82) is 5.26 Å². The number of allylic oxidation sites excluding steroid dienone is 1. The highest BCUT2D eigenvalue weighted by Gasteiger charge is 2.19. The average Bonchev–Trinajstić information content (AvgIpc) is 3.02. The third-order valence-electron chi connectivity index (χ3n) is 4.03. The highest BCUT2D eigenvalue weighted by atomic mass is 32.2. The Morgan fingerprint density at radius 2 is 2.00 bits per heavy atom. The lowest BCUT2D eigenvalue weighted by atomic mass is 10.2. The van der Waals surface area contributed by atoms with Gasteiger partial charge in [-0.3, -0.25) is 0 Å². The number of aromatic amines is 1. The summed E-state index contributed by atoms with van der Waals surface area (Å²) >= 11 is 1.54. The van der Waals surface area contributed by atoms with Gasteiger partial charge in [-0.15, -0.1) is 11.8 Å². The molecule has 0 bridgehead atoms. The van der Waals surface area contributed by atoms with Crippen LogP contribution in [-0.2, 0) is 0 Å². The summed E-state index contributed by atoms with van der Waals surface area (Å²) in [5.74, 6) is 0.432. The predicted molar refractivity (Wildman–Crippen MR) is 102 cm³/mol. The molecular formula is C20H19N3OS. The number of nitrogens with zero attached hydrogens (tertiary/aromatic N) is 2. The van der Waals surface area contributed by atoms with E-state index in [-0.39, 0.29) is 16.6 Å². The topological polar surface area (TPSA) is 72.7 Å². The molecule has 0 unspecified atom stereocenters. The number of aliphatic hydroxyl groups is 1. The molecule has 3 aromatic rings. The van der Waals surface area contributed by atoms with E-state index in [4.69, 9.17) is 0 Å². The lowest BCUT2D eigenvalue weighted by molar-refractivity contribution is 0.402. The number of benzene rings is 2. The van der Waals surface area contributed by atoms with Crippen molar-refractivity contribution >= 4 is 28.4 Å². The molecule has 1 atom stereocenters. The summed E-state index contributed by atoms with van der Waals surface area (Å²) in [7, 11) is 0. The Kier molecular flexibility index (Phi) is 4.82. The second-order valence-corrected chi connectivity index (χ2v) is 7.39. The van der Waals surface area contributed by atoms with Crippen LogP contribution in [0, 0.1) is 25.2 Å². The number of hydrogen-bond donors (Lipinski definition) is 2. The van der Waals surface area contributed by atoms with Gasteiger partial charge in [0.15, 0.2) is 5.82 Å². The van der Waals surface area contributed by atoms with Gasteiger partial charge < -0.3 is 10.1 Å². The molecule has 4 nitrogen and oxygen atoms in total. The van der Waals surface area contributed by atoms with Crippen molar-refractivity contribution in [3.05, 3.63) is 65.2 Å². The molecule has 1 aromatic heterocycles. The van der Waals surface area contributed by atoms with Crippen LogP contribution in [0.15, 0.2) is 53.1 Å². The number of aromatic nitrogens is 2. The Morgan fingerprint density at radius 1 is 1.24 bits per heavy atom. The molecule has 0 saturated carbocycles. The third kappa shape index (κ3) is 3.54. The first-order chi connectivity index (χ1) is 12.0. The molecule has 0 saturated heterocycles. The number of fused-ring (bicyclic) bond motifs is 1. The van der Waals surface area contributed by atoms with Crippen molar-refractivity contribution in [3.8, 4) is 6.07 Å². The van der Waals surface area contributed by atoms with Gasteiger partial charge >= 0.3 is 0 Å². The summed E-state index contributed by atoms with van der Waals surface area (Å²) in [5, 5.41) is 19.9. The fourth-order valence-electron chi connectivity index (χ4n) is 2.59. The summed E-state index contributed by atoms with van der Waals surface area (Å²) in [6.07, 6.45) is 0. The number of thioether (sulfide) groups is 1. The van der Waals surface area contributed by atoms with Crippen LogP contribution >= 0.6 is 11.8 Å². The first-order valence-corrected chi connectivity index (χ1v) is 8.90. The van der Waals surface area contributed by atoms with Gasteiger partial charge in [-0.2, -0.15) is 5.26 Å². The maximum absolute atomic E-state index is 10.7. The number of nitrogens with one attached hydrogen (secondary N) is 1. The van der Waals surface area contributed by atoms with Crippen molar-refractivity contribution < 1.29 is 5.11 Å². The number of hydrogen-bond acceptors (Lipinski definition) is 4. The number of rotatable bonds is 4. The summed E-state index contributed by atoms with van der Waals surface area (Å²) in [5.41, 5.74) is 4.11. The normalized spacial score (nSPS) is 13.4. The fraction of sp³-hybridized carbons (Fsp3) is 0.200. The maximum atomic E-state index is 10.7. The minimum absolute atomic E-state index is 0.0347. The summed E-state index contributed by atoms with van der Waals surface area (Å²) in [4.78, 5) is 8.62. The molecule has 0 amide bonds. The minimum Gasteiger partial charge on any atom is -0.510 e. The van der Waals surface area contributed by atoms with E-state index < -0.39 is 0 Å². The lowest BCUT2D eigenvalue weighted by Crippen LogP contribution is -2.05. The van der Waals surface area contributed by atoms with Gasteiger partial charge in [0, 0.05) is 4.90 Å². The van der Waals surface area contributed by atoms with Crippen LogP contribution in [0.25, 0.3) is 16.6 Å². The fourth-order valence-corrected chi connectivity index (χ4v) is 3.70. The molecule has 5 heteroatoms. The van der Waals surface area contributed by atoms with Gasteiger partial charge in [0.2, 0.25) is 0 Å². The molecule has 0 radical (unpaired) electrons. The van der Waals surface area contributed by atoms with Crippen molar-refractivity contribution in [2.45, 2.75) is 30.9 Å². The van der Waals surface area contributed by atoms with Crippen molar-refractivity contribution in [3.63, 3.8) is 0 Å². The first kappa shape index (κ1) is 17.1. The van der Waals surface area contributed by atoms with Gasteiger partial charge in [-0.1, -0.05) is 29.8 Å². The van der Waals surface area contributed by atoms with Crippen molar-refractivity contribution in [2.75, 3.05) is 0 Å². The molecule has 3 rings (SSSR count). The van der Waals surface area contributed by atoms with E-state index in [2.05, 4.69) is 34.2 Å². The van der Waals surface area contributed by atoms with Crippen LogP contribution < -0.4 is 0 Å². The Labute approximate surface area is 151 Å². The Morgan fingerprint density at radius 3 is 2.72 bits per heavy atom. The zero-order chi connectivity index (χ0) is 18.0. The molecule has 126 valence electrons. The minimum atomic E-state index is -0.261. The lowest BCUT2D eigenvalue weighted by Gasteiger charge is -2.14. The molecule has 0 spiro atoms. The van der Waals surface area contributed by atoms with Crippen LogP contribution in [0.5, 0.6) is 0 Å². The van der Waals surface area contributed by atoms with E-state index in [0.717, 1.165) is 21.5 Å². The first-order valence-electron chi connectivity index (χ1n) is 8.02. The van der Waals surface area contributed by atoms with Crippen molar-refractivity contribution in [2.24, 2.45) is 0 Å². The van der Waals surface area contributed by atoms with Gasteiger partial charge in [-0.05, 0) is 44.5 Å². The van der Waals surface area contributed by atoms with E-state index in [9.17, 15) is 10.4 Å². The molecule has 2 N–H and O–H groups in total. The SMILES string of the molecule is Cc1ccc(C)c(S[C@H](C)/C(O)=C(\C#N)c2nc3ccccc3[nH]2)c1.